The molecule has 2 heterocycles. The molecule has 1 fully saturated rings. The first-order valence-electron chi connectivity index (χ1n) is 11.3. The van der Waals surface area contributed by atoms with Crippen molar-refractivity contribution in [2.75, 3.05) is 32.7 Å². The van der Waals surface area contributed by atoms with E-state index in [9.17, 15) is 8.42 Å². The molecule has 0 saturated carbocycles. The third-order valence-corrected chi connectivity index (χ3v) is 8.36. The number of hydrogen-bond acceptors (Lipinski definition) is 5. The topological polar surface area (TPSA) is 53.5 Å². The molecule has 0 amide bonds. The zero-order chi connectivity index (χ0) is 22.2. The normalized spacial score (nSPS) is 16.6. The molecule has 0 bridgehead atoms. The first-order valence-corrected chi connectivity index (χ1v) is 12.8. The van der Waals surface area contributed by atoms with Gasteiger partial charge >= 0.3 is 0 Å². The number of nitrogens with zero attached hydrogens (tertiary/aromatic N) is 3. The highest BCUT2D eigenvalue weighted by Crippen LogP contribution is 2.32. The highest BCUT2D eigenvalue weighted by atomic mass is 32.2. The van der Waals surface area contributed by atoms with Crippen molar-refractivity contribution in [1.29, 1.82) is 0 Å². The molecule has 1 aliphatic heterocycles. The van der Waals surface area contributed by atoms with Gasteiger partial charge in [0.2, 0.25) is 0 Å². The van der Waals surface area contributed by atoms with Crippen LogP contribution in [0.2, 0.25) is 0 Å². The van der Waals surface area contributed by atoms with Crippen molar-refractivity contribution < 1.29 is 8.42 Å². The summed E-state index contributed by atoms with van der Waals surface area (Å²) in [6, 6.07) is 22.6. The minimum Gasteiger partial charge on any atom is -0.301 e. The molecule has 32 heavy (non-hydrogen) atoms. The average Bonchev–Trinajstić information content (AvgIpc) is 2.84. The van der Waals surface area contributed by atoms with Crippen molar-refractivity contribution >= 4 is 9.84 Å². The van der Waals surface area contributed by atoms with E-state index in [1.165, 1.54) is 5.56 Å². The molecule has 2 aromatic carbocycles. The van der Waals surface area contributed by atoms with Crippen LogP contribution in [0, 0.1) is 0 Å². The van der Waals surface area contributed by atoms with Gasteiger partial charge in [0.15, 0.2) is 9.84 Å². The number of pyridine rings is 1. The van der Waals surface area contributed by atoms with E-state index in [0.29, 0.717) is 11.3 Å². The largest absolute Gasteiger partial charge is 0.301 e. The predicted molar refractivity (Wildman–Crippen MR) is 128 cm³/mol. The number of aromatic nitrogens is 1. The molecular weight excluding hydrogens is 418 g/mol. The van der Waals surface area contributed by atoms with Gasteiger partial charge in [0.25, 0.3) is 0 Å². The third kappa shape index (κ3) is 5.82. The van der Waals surface area contributed by atoms with Gasteiger partial charge in [-0.2, -0.15) is 0 Å². The van der Waals surface area contributed by atoms with Gasteiger partial charge in [-0.1, -0.05) is 48.5 Å². The number of sulfone groups is 1. The Balaban J connectivity index is 1.33. The fourth-order valence-electron chi connectivity index (χ4n) is 4.36. The van der Waals surface area contributed by atoms with Crippen molar-refractivity contribution in [2.24, 2.45) is 0 Å². The van der Waals surface area contributed by atoms with Crippen molar-refractivity contribution in [3.8, 4) is 0 Å². The van der Waals surface area contributed by atoms with Crippen LogP contribution >= 0.6 is 0 Å². The van der Waals surface area contributed by atoms with E-state index in [2.05, 4.69) is 26.9 Å². The lowest BCUT2D eigenvalue weighted by atomic mass is 10.1. The Bertz CT molecular complexity index is 1050. The standard InChI is InChI=1S/C26H31N3O2S/c30-32(31,25-10-5-2-6-11-25)26(24-8-3-1-4-9-24)12-7-17-28-18-20-29(21-19-28)22-23-13-15-27-16-14-23/h1-6,8-11,13-16,26H,7,12,17-22H2. The molecule has 3 aromatic rings. The second-order valence-electron chi connectivity index (χ2n) is 8.37. The van der Waals surface area contributed by atoms with E-state index in [-0.39, 0.29) is 0 Å². The van der Waals surface area contributed by atoms with Crippen LogP contribution in [-0.2, 0) is 16.4 Å². The lowest BCUT2D eigenvalue weighted by molar-refractivity contribution is 0.125. The lowest BCUT2D eigenvalue weighted by Gasteiger charge is -2.35. The maximum atomic E-state index is 13.4. The zero-order valence-corrected chi connectivity index (χ0v) is 19.2. The second kappa shape index (κ2) is 10.9. The Morgan fingerprint density at radius 3 is 2.03 bits per heavy atom. The van der Waals surface area contributed by atoms with Gasteiger partial charge in [-0.3, -0.25) is 9.88 Å². The van der Waals surface area contributed by atoms with Crippen LogP contribution in [0.15, 0.2) is 90.1 Å². The average molecular weight is 450 g/mol. The van der Waals surface area contributed by atoms with E-state index in [0.717, 1.165) is 51.3 Å². The molecule has 1 aliphatic rings. The molecule has 0 spiro atoms. The third-order valence-electron chi connectivity index (χ3n) is 6.18. The Morgan fingerprint density at radius 1 is 0.781 bits per heavy atom. The summed E-state index contributed by atoms with van der Waals surface area (Å²) < 4.78 is 26.8. The van der Waals surface area contributed by atoms with Gasteiger partial charge in [-0.05, 0) is 54.8 Å². The summed E-state index contributed by atoms with van der Waals surface area (Å²) in [5.74, 6) is 0. The summed E-state index contributed by atoms with van der Waals surface area (Å²) in [6.07, 6.45) is 5.17. The van der Waals surface area contributed by atoms with E-state index in [1.807, 2.05) is 48.8 Å². The highest BCUT2D eigenvalue weighted by molar-refractivity contribution is 7.91. The van der Waals surface area contributed by atoms with Crippen LogP contribution in [0.4, 0.5) is 0 Å². The molecule has 0 radical (unpaired) electrons. The van der Waals surface area contributed by atoms with Crippen molar-refractivity contribution in [1.82, 2.24) is 14.8 Å². The summed E-state index contributed by atoms with van der Waals surface area (Å²) in [4.78, 5) is 9.42. The molecule has 1 aromatic heterocycles. The van der Waals surface area contributed by atoms with Gasteiger partial charge in [0.05, 0.1) is 10.1 Å². The number of rotatable bonds is 9. The van der Waals surface area contributed by atoms with Crippen LogP contribution in [0.1, 0.15) is 29.2 Å². The molecule has 168 valence electrons. The van der Waals surface area contributed by atoms with Gasteiger partial charge in [-0.25, -0.2) is 8.42 Å². The predicted octanol–water partition coefficient (Wildman–Crippen LogP) is 4.19. The van der Waals surface area contributed by atoms with E-state index < -0.39 is 15.1 Å². The summed E-state index contributed by atoms with van der Waals surface area (Å²) in [6.45, 7) is 6.00. The Morgan fingerprint density at radius 2 is 1.38 bits per heavy atom. The van der Waals surface area contributed by atoms with Gasteiger partial charge < -0.3 is 4.90 Å². The van der Waals surface area contributed by atoms with Crippen LogP contribution in [0.5, 0.6) is 0 Å². The maximum Gasteiger partial charge on any atom is 0.185 e. The first kappa shape index (κ1) is 22.6. The fourth-order valence-corrected chi connectivity index (χ4v) is 6.22. The van der Waals surface area contributed by atoms with Crippen molar-refractivity contribution in [3.63, 3.8) is 0 Å². The van der Waals surface area contributed by atoms with E-state index >= 15 is 0 Å². The molecule has 0 N–H and O–H groups in total. The Labute approximate surface area is 191 Å². The van der Waals surface area contributed by atoms with Crippen LogP contribution < -0.4 is 0 Å². The molecule has 6 heteroatoms. The smallest absolute Gasteiger partial charge is 0.185 e. The molecule has 4 rings (SSSR count). The Hall–Kier alpha value is -2.54. The van der Waals surface area contributed by atoms with Gasteiger partial charge in [-0.15, -0.1) is 0 Å². The quantitative estimate of drug-likeness (QED) is 0.490. The Kier molecular flexibility index (Phi) is 7.68. The van der Waals surface area contributed by atoms with Crippen molar-refractivity contribution in [2.45, 2.75) is 29.5 Å². The molecule has 0 aliphatic carbocycles. The first-order chi connectivity index (χ1) is 15.6. The molecule has 1 unspecified atom stereocenters. The van der Waals surface area contributed by atoms with E-state index in [4.69, 9.17) is 0 Å². The minimum atomic E-state index is -3.43. The number of hydrogen-bond donors (Lipinski definition) is 0. The number of benzene rings is 2. The summed E-state index contributed by atoms with van der Waals surface area (Å²) in [5, 5.41) is -0.515. The number of piperazine rings is 1. The van der Waals surface area contributed by atoms with Crippen molar-refractivity contribution in [3.05, 3.63) is 96.3 Å². The van der Waals surface area contributed by atoms with Crippen LogP contribution in [-0.4, -0.2) is 55.9 Å². The molecule has 1 saturated heterocycles. The summed E-state index contributed by atoms with van der Waals surface area (Å²) in [5.41, 5.74) is 2.17. The second-order valence-corrected chi connectivity index (χ2v) is 10.5. The highest BCUT2D eigenvalue weighted by Gasteiger charge is 2.29. The molecule has 5 nitrogen and oxygen atoms in total. The van der Waals surface area contributed by atoms with Crippen LogP contribution in [0.3, 0.4) is 0 Å². The SMILES string of the molecule is O=S(=O)(c1ccccc1)C(CCCN1CCN(Cc2ccncc2)CC1)c1ccccc1. The van der Waals surface area contributed by atoms with Crippen LogP contribution in [0.25, 0.3) is 0 Å². The van der Waals surface area contributed by atoms with Gasteiger partial charge in [0, 0.05) is 45.1 Å². The van der Waals surface area contributed by atoms with E-state index in [1.54, 1.807) is 24.3 Å². The summed E-state index contributed by atoms with van der Waals surface area (Å²) >= 11 is 0. The van der Waals surface area contributed by atoms with Gasteiger partial charge in [0.1, 0.15) is 0 Å². The zero-order valence-electron chi connectivity index (χ0n) is 18.4. The molecule has 1 atom stereocenters. The lowest BCUT2D eigenvalue weighted by Crippen LogP contribution is -2.46. The fraction of sp³-hybridized carbons (Fsp3) is 0.346. The maximum absolute atomic E-state index is 13.4. The monoisotopic (exact) mass is 449 g/mol. The summed E-state index contributed by atoms with van der Waals surface area (Å²) in [7, 11) is -3.43. The minimum absolute atomic E-state index is 0.401. The molecular formula is C26H31N3O2S.